The molecule has 1 amide bonds. The average molecular weight is 442 g/mol. The van der Waals surface area contributed by atoms with E-state index in [-0.39, 0.29) is 18.1 Å². The van der Waals surface area contributed by atoms with Crippen molar-refractivity contribution in [3.63, 3.8) is 0 Å². The van der Waals surface area contributed by atoms with Gasteiger partial charge in [-0.25, -0.2) is 0 Å². The second kappa shape index (κ2) is 10.6. The van der Waals surface area contributed by atoms with Crippen LogP contribution in [0.25, 0.3) is 5.57 Å². The number of methoxy groups -OCH3 is 1. The molecule has 4 rings (SSSR count). The van der Waals surface area contributed by atoms with Crippen LogP contribution < -0.4 is 14.8 Å². The first-order chi connectivity index (χ1) is 16.1. The van der Waals surface area contributed by atoms with Crippen molar-refractivity contribution in [2.75, 3.05) is 12.4 Å². The van der Waals surface area contributed by atoms with Crippen molar-refractivity contribution in [3.8, 4) is 11.5 Å². The number of Topliss-reactive ketones (excluding diaryl/α,β-unsaturated/α-hetero) is 1. The summed E-state index contributed by atoms with van der Waals surface area (Å²) in [6.07, 6.45) is 4.01. The normalized spacial score (nSPS) is 13.2. The van der Waals surface area contributed by atoms with Crippen LogP contribution in [0.4, 0.5) is 5.69 Å². The fourth-order valence-electron chi connectivity index (χ4n) is 3.84. The first-order valence-electron chi connectivity index (χ1n) is 11.1. The van der Waals surface area contributed by atoms with Gasteiger partial charge in [0.15, 0.2) is 11.5 Å². The molecule has 33 heavy (non-hydrogen) atoms. The van der Waals surface area contributed by atoms with Crippen LogP contribution in [0.2, 0.25) is 0 Å². The Balaban J connectivity index is 1.38. The smallest absolute Gasteiger partial charge is 0.228 e. The average Bonchev–Trinajstić information content (AvgIpc) is 2.84. The van der Waals surface area contributed by atoms with Crippen molar-refractivity contribution in [1.29, 1.82) is 0 Å². The molecule has 3 aromatic rings. The van der Waals surface area contributed by atoms with Crippen LogP contribution in [0.3, 0.4) is 0 Å². The molecule has 168 valence electrons. The maximum absolute atomic E-state index is 12.7. The summed E-state index contributed by atoms with van der Waals surface area (Å²) >= 11 is 0. The van der Waals surface area contributed by atoms with E-state index in [4.69, 9.17) is 9.47 Å². The van der Waals surface area contributed by atoms with Gasteiger partial charge in [-0.15, -0.1) is 0 Å². The Bertz CT molecular complexity index is 1170. The van der Waals surface area contributed by atoms with Crippen molar-refractivity contribution in [2.45, 2.75) is 32.3 Å². The first-order valence-corrected chi connectivity index (χ1v) is 11.1. The molecule has 0 spiro atoms. The standard InChI is InChI=1S/C28H27NO4/c1-32-27-16-21(10-15-26(27)33-19-20-6-3-2-4-7-20)17-28(31)29-24-9-5-8-23(18-24)22-11-13-25(30)14-12-22/h2-11,15-16,18H,12-14,17,19H2,1H3,(H,29,31). The van der Waals surface area contributed by atoms with Gasteiger partial charge < -0.3 is 14.8 Å². The summed E-state index contributed by atoms with van der Waals surface area (Å²) in [6, 6.07) is 23.2. The van der Waals surface area contributed by atoms with E-state index < -0.39 is 0 Å². The van der Waals surface area contributed by atoms with E-state index in [0.29, 0.717) is 30.9 Å². The number of allylic oxidation sites excluding steroid dienone is 2. The number of rotatable bonds is 8. The number of carbonyl (C=O) groups is 2. The van der Waals surface area contributed by atoms with E-state index in [9.17, 15) is 9.59 Å². The molecule has 0 saturated carbocycles. The maximum atomic E-state index is 12.7. The van der Waals surface area contributed by atoms with E-state index >= 15 is 0 Å². The molecule has 0 bridgehead atoms. The molecule has 0 atom stereocenters. The molecule has 0 unspecified atom stereocenters. The quantitative estimate of drug-likeness (QED) is 0.495. The van der Waals surface area contributed by atoms with Crippen LogP contribution in [-0.4, -0.2) is 18.8 Å². The number of hydrogen-bond acceptors (Lipinski definition) is 4. The van der Waals surface area contributed by atoms with E-state index in [1.807, 2.05) is 78.9 Å². The largest absolute Gasteiger partial charge is 0.493 e. The van der Waals surface area contributed by atoms with Gasteiger partial charge in [-0.2, -0.15) is 0 Å². The molecular formula is C28H27NO4. The van der Waals surface area contributed by atoms with Gasteiger partial charge in [-0.05, 0) is 52.9 Å². The lowest BCUT2D eigenvalue weighted by Gasteiger charge is -2.14. The Labute approximate surface area is 194 Å². The molecule has 0 heterocycles. The van der Waals surface area contributed by atoms with Crippen LogP contribution in [0.1, 0.15) is 36.0 Å². The molecule has 0 aliphatic heterocycles. The van der Waals surface area contributed by atoms with Crippen molar-refractivity contribution < 1.29 is 19.1 Å². The van der Waals surface area contributed by atoms with Crippen molar-refractivity contribution >= 4 is 23.0 Å². The van der Waals surface area contributed by atoms with Crippen LogP contribution in [-0.2, 0) is 22.6 Å². The summed E-state index contributed by atoms with van der Waals surface area (Å²) < 4.78 is 11.4. The lowest BCUT2D eigenvalue weighted by atomic mass is 9.93. The van der Waals surface area contributed by atoms with E-state index in [1.165, 1.54) is 0 Å². The van der Waals surface area contributed by atoms with Gasteiger partial charge in [0.05, 0.1) is 13.5 Å². The Morgan fingerprint density at radius 2 is 1.76 bits per heavy atom. The second-order valence-corrected chi connectivity index (χ2v) is 8.04. The molecule has 3 aromatic carbocycles. The molecule has 1 N–H and O–H groups in total. The predicted molar refractivity (Wildman–Crippen MR) is 129 cm³/mol. The SMILES string of the molecule is COc1cc(CC(=O)Nc2cccc(C3=CCC(=O)CC3)c2)ccc1OCc1ccccc1. The number of hydrogen-bond donors (Lipinski definition) is 1. The monoisotopic (exact) mass is 441 g/mol. The van der Waals surface area contributed by atoms with Crippen LogP contribution in [0.5, 0.6) is 11.5 Å². The van der Waals surface area contributed by atoms with Gasteiger partial charge in [0.25, 0.3) is 0 Å². The number of ether oxygens (including phenoxy) is 2. The summed E-state index contributed by atoms with van der Waals surface area (Å²) in [5.41, 5.74) is 4.84. The predicted octanol–water partition coefficient (Wildman–Crippen LogP) is 5.59. The van der Waals surface area contributed by atoms with Gasteiger partial charge >= 0.3 is 0 Å². The molecule has 0 saturated heterocycles. The fourth-order valence-corrected chi connectivity index (χ4v) is 3.84. The Hall–Kier alpha value is -3.86. The van der Waals surface area contributed by atoms with Gasteiger partial charge in [-0.1, -0.05) is 54.6 Å². The zero-order valence-electron chi connectivity index (χ0n) is 18.7. The van der Waals surface area contributed by atoms with Crippen LogP contribution in [0, 0.1) is 0 Å². The second-order valence-electron chi connectivity index (χ2n) is 8.04. The van der Waals surface area contributed by atoms with Crippen LogP contribution in [0.15, 0.2) is 78.9 Å². The first kappa shape index (κ1) is 22.3. The number of carbonyl (C=O) groups excluding carboxylic acids is 2. The fraction of sp³-hybridized carbons (Fsp3) is 0.214. The molecule has 1 aliphatic rings. The lowest BCUT2D eigenvalue weighted by molar-refractivity contribution is -0.118. The summed E-state index contributed by atoms with van der Waals surface area (Å²) in [5, 5.41) is 2.97. The van der Waals surface area contributed by atoms with E-state index in [0.717, 1.165) is 34.4 Å². The molecule has 0 aromatic heterocycles. The molecule has 5 heteroatoms. The molecule has 5 nitrogen and oxygen atoms in total. The minimum absolute atomic E-state index is 0.111. The molecule has 0 radical (unpaired) electrons. The van der Waals surface area contributed by atoms with Crippen molar-refractivity contribution in [2.24, 2.45) is 0 Å². The van der Waals surface area contributed by atoms with E-state index in [2.05, 4.69) is 5.32 Å². The summed E-state index contributed by atoms with van der Waals surface area (Å²) in [4.78, 5) is 24.1. The summed E-state index contributed by atoms with van der Waals surface area (Å²) in [7, 11) is 1.59. The third kappa shape index (κ3) is 6.10. The van der Waals surface area contributed by atoms with Crippen LogP contribution >= 0.6 is 0 Å². The Morgan fingerprint density at radius 1 is 0.909 bits per heavy atom. The van der Waals surface area contributed by atoms with E-state index in [1.54, 1.807) is 7.11 Å². The highest BCUT2D eigenvalue weighted by Gasteiger charge is 2.13. The zero-order valence-corrected chi connectivity index (χ0v) is 18.7. The van der Waals surface area contributed by atoms with Gasteiger partial charge in [0.1, 0.15) is 12.4 Å². The molecular weight excluding hydrogens is 414 g/mol. The van der Waals surface area contributed by atoms with Gasteiger partial charge in [0, 0.05) is 18.5 Å². The van der Waals surface area contributed by atoms with Crippen molar-refractivity contribution in [1.82, 2.24) is 0 Å². The highest BCUT2D eigenvalue weighted by molar-refractivity contribution is 5.93. The highest BCUT2D eigenvalue weighted by atomic mass is 16.5. The third-order valence-electron chi connectivity index (χ3n) is 5.60. The Morgan fingerprint density at radius 3 is 2.52 bits per heavy atom. The summed E-state index contributed by atoms with van der Waals surface area (Å²) in [6.45, 7) is 0.442. The summed E-state index contributed by atoms with van der Waals surface area (Å²) in [5.74, 6) is 1.39. The number of amides is 1. The minimum Gasteiger partial charge on any atom is -0.493 e. The van der Waals surface area contributed by atoms with Gasteiger partial charge in [0.2, 0.25) is 5.91 Å². The highest BCUT2D eigenvalue weighted by Crippen LogP contribution is 2.30. The van der Waals surface area contributed by atoms with Gasteiger partial charge in [-0.3, -0.25) is 9.59 Å². The number of nitrogens with one attached hydrogen (secondary N) is 1. The van der Waals surface area contributed by atoms with Crippen molar-refractivity contribution in [3.05, 3.63) is 95.6 Å². The topological polar surface area (TPSA) is 64.6 Å². The number of benzene rings is 3. The Kier molecular flexibility index (Phi) is 7.20. The third-order valence-corrected chi connectivity index (χ3v) is 5.60. The molecule has 0 fully saturated rings. The zero-order chi connectivity index (χ0) is 23.0. The minimum atomic E-state index is -0.111. The maximum Gasteiger partial charge on any atom is 0.228 e. The number of anilines is 1. The number of ketones is 1. The lowest BCUT2D eigenvalue weighted by Crippen LogP contribution is -2.14. The molecule has 1 aliphatic carbocycles.